The smallest absolute Gasteiger partial charge is 0.242 e. The molecule has 2 atom stereocenters. The molecule has 36 heavy (non-hydrogen) atoms. The molecule has 0 saturated heterocycles. The van der Waals surface area contributed by atoms with Crippen LogP contribution in [-0.2, 0) is 26.2 Å². The molecule has 2 aromatic carbocycles. The topological polar surface area (TPSA) is 96.0 Å². The van der Waals surface area contributed by atoms with Crippen LogP contribution in [0.3, 0.4) is 0 Å². The molecule has 8 nitrogen and oxygen atoms in total. The number of amides is 2. The number of hydrogen-bond acceptors (Lipinski definition) is 5. The maximum absolute atomic E-state index is 13.4. The van der Waals surface area contributed by atoms with E-state index in [4.69, 9.17) is 16.3 Å². The molecule has 0 aliphatic carbocycles. The second-order valence-corrected chi connectivity index (χ2v) is 11.1. The summed E-state index contributed by atoms with van der Waals surface area (Å²) in [4.78, 5) is 27.7. The van der Waals surface area contributed by atoms with E-state index >= 15 is 0 Å². The Morgan fingerprint density at radius 3 is 2.42 bits per heavy atom. The fourth-order valence-corrected chi connectivity index (χ4v) is 4.79. The van der Waals surface area contributed by atoms with E-state index in [1.165, 1.54) is 9.21 Å². The van der Waals surface area contributed by atoms with Crippen LogP contribution in [0.1, 0.15) is 45.6 Å². The largest absolute Gasteiger partial charge is 0.497 e. The molecular weight excluding hydrogens is 502 g/mol. The van der Waals surface area contributed by atoms with Gasteiger partial charge in [0, 0.05) is 30.6 Å². The van der Waals surface area contributed by atoms with Crippen molar-refractivity contribution in [2.75, 3.05) is 24.2 Å². The van der Waals surface area contributed by atoms with Crippen molar-refractivity contribution in [1.82, 2.24) is 10.2 Å². The van der Waals surface area contributed by atoms with Crippen molar-refractivity contribution in [2.45, 2.75) is 58.7 Å². The Morgan fingerprint density at radius 1 is 1.11 bits per heavy atom. The summed E-state index contributed by atoms with van der Waals surface area (Å²) < 4.78 is 31.3. The van der Waals surface area contributed by atoms with Gasteiger partial charge in [-0.3, -0.25) is 13.9 Å². The highest BCUT2D eigenvalue weighted by molar-refractivity contribution is 7.92. The molecule has 0 aromatic heterocycles. The van der Waals surface area contributed by atoms with Crippen LogP contribution >= 0.6 is 11.6 Å². The van der Waals surface area contributed by atoms with Gasteiger partial charge in [-0.1, -0.05) is 36.7 Å². The van der Waals surface area contributed by atoms with E-state index in [-0.39, 0.29) is 43.8 Å². The van der Waals surface area contributed by atoms with E-state index in [1.807, 2.05) is 38.1 Å². The van der Waals surface area contributed by atoms with Gasteiger partial charge in [-0.05, 0) is 62.6 Å². The fraction of sp³-hybridized carbons (Fsp3) is 0.462. The highest BCUT2D eigenvalue weighted by Gasteiger charge is 2.27. The number of carbonyl (C=O) groups is 2. The summed E-state index contributed by atoms with van der Waals surface area (Å²) in [5, 5.41) is 3.36. The second-order valence-electron chi connectivity index (χ2n) is 8.79. The van der Waals surface area contributed by atoms with Gasteiger partial charge in [0.05, 0.1) is 19.1 Å². The summed E-state index contributed by atoms with van der Waals surface area (Å²) in [6, 6.07) is 13.2. The zero-order chi connectivity index (χ0) is 26.9. The average molecular weight is 538 g/mol. The first-order valence-corrected chi connectivity index (χ1v) is 14.1. The minimum Gasteiger partial charge on any atom is -0.497 e. The lowest BCUT2D eigenvalue weighted by Gasteiger charge is -2.30. The summed E-state index contributed by atoms with van der Waals surface area (Å²) in [5.74, 6) is 0.170. The zero-order valence-corrected chi connectivity index (χ0v) is 23.1. The molecule has 0 fully saturated rings. The van der Waals surface area contributed by atoms with Crippen molar-refractivity contribution in [3.05, 3.63) is 59.1 Å². The van der Waals surface area contributed by atoms with Gasteiger partial charge < -0.3 is 15.0 Å². The second kappa shape index (κ2) is 13.5. The van der Waals surface area contributed by atoms with Crippen LogP contribution in [0.25, 0.3) is 0 Å². The molecule has 2 unspecified atom stereocenters. The van der Waals surface area contributed by atoms with E-state index in [9.17, 15) is 18.0 Å². The monoisotopic (exact) mass is 537 g/mol. The Hall–Kier alpha value is -2.78. The number of methoxy groups -OCH3 is 1. The predicted octanol–water partition coefficient (Wildman–Crippen LogP) is 4.23. The number of halogens is 1. The van der Waals surface area contributed by atoms with Gasteiger partial charge >= 0.3 is 0 Å². The van der Waals surface area contributed by atoms with Crippen LogP contribution in [-0.4, -0.2) is 57.1 Å². The molecule has 2 rings (SSSR count). The van der Waals surface area contributed by atoms with Gasteiger partial charge in [0.15, 0.2) is 0 Å². The number of ether oxygens (including phenoxy) is 1. The highest BCUT2D eigenvalue weighted by atomic mass is 35.5. The maximum atomic E-state index is 13.4. The van der Waals surface area contributed by atoms with Crippen LogP contribution in [0.2, 0.25) is 5.02 Å². The van der Waals surface area contributed by atoms with Gasteiger partial charge in [-0.2, -0.15) is 0 Å². The Kier molecular flexibility index (Phi) is 11.0. The first kappa shape index (κ1) is 29.5. The lowest BCUT2D eigenvalue weighted by Crippen LogP contribution is -2.49. The zero-order valence-electron chi connectivity index (χ0n) is 21.5. The Bertz CT molecular complexity index is 1140. The molecule has 0 saturated carbocycles. The van der Waals surface area contributed by atoms with E-state index < -0.39 is 16.1 Å². The van der Waals surface area contributed by atoms with Crippen LogP contribution in [0.5, 0.6) is 5.75 Å². The van der Waals surface area contributed by atoms with E-state index in [0.717, 1.165) is 18.2 Å². The Morgan fingerprint density at radius 2 is 1.81 bits per heavy atom. The average Bonchev–Trinajstić information content (AvgIpc) is 2.83. The summed E-state index contributed by atoms with van der Waals surface area (Å²) in [5.41, 5.74) is 1.26. The molecule has 0 aliphatic rings. The SMILES string of the molecule is CCC(C)NC(=O)C(C)N(Cc1cccc(OC)c1)C(=O)CCCN(c1cccc(Cl)c1)S(C)(=O)=O. The van der Waals surface area contributed by atoms with E-state index in [1.54, 1.807) is 38.3 Å². The van der Waals surface area contributed by atoms with E-state index in [2.05, 4.69) is 5.32 Å². The van der Waals surface area contributed by atoms with Crippen molar-refractivity contribution in [2.24, 2.45) is 0 Å². The molecule has 0 spiro atoms. The van der Waals surface area contributed by atoms with Gasteiger partial charge in [-0.25, -0.2) is 8.42 Å². The molecule has 0 aliphatic heterocycles. The minimum atomic E-state index is -3.58. The normalized spacial score (nSPS) is 12.9. The third kappa shape index (κ3) is 8.71. The van der Waals surface area contributed by atoms with Gasteiger partial charge in [0.2, 0.25) is 21.8 Å². The number of hydrogen-bond donors (Lipinski definition) is 1. The summed E-state index contributed by atoms with van der Waals surface area (Å²) in [6.07, 6.45) is 2.23. The lowest BCUT2D eigenvalue weighted by atomic mass is 10.1. The van der Waals surface area contributed by atoms with Crippen LogP contribution in [0, 0.1) is 0 Å². The predicted molar refractivity (Wildman–Crippen MR) is 144 cm³/mol. The molecular formula is C26H36ClN3O5S. The highest BCUT2D eigenvalue weighted by Crippen LogP contribution is 2.23. The Labute approximate surface area is 219 Å². The molecule has 0 bridgehead atoms. The molecule has 2 aromatic rings. The molecule has 10 heteroatoms. The third-order valence-electron chi connectivity index (χ3n) is 5.90. The molecule has 198 valence electrons. The molecule has 0 heterocycles. The number of sulfonamides is 1. The van der Waals surface area contributed by atoms with Gasteiger partial charge in [0.1, 0.15) is 11.8 Å². The number of nitrogens with zero attached hydrogens (tertiary/aromatic N) is 2. The number of nitrogens with one attached hydrogen (secondary N) is 1. The number of rotatable bonds is 13. The standard InChI is InChI=1S/C26H36ClN3O5S/c1-6-19(2)28-26(32)20(3)29(18-21-10-7-13-24(16-21)35-4)25(31)14-9-15-30(36(5,33)34)23-12-8-11-22(27)17-23/h7-8,10-13,16-17,19-20H,6,9,14-15,18H2,1-5H3,(H,28,32). The first-order valence-electron chi connectivity index (χ1n) is 11.9. The van der Waals surface area contributed by atoms with Crippen molar-refractivity contribution < 1.29 is 22.7 Å². The molecule has 1 N–H and O–H groups in total. The fourth-order valence-electron chi connectivity index (χ4n) is 3.65. The van der Waals surface area contributed by atoms with Crippen LogP contribution < -0.4 is 14.4 Å². The van der Waals surface area contributed by atoms with Crippen molar-refractivity contribution in [1.29, 1.82) is 0 Å². The number of anilines is 1. The number of carbonyl (C=O) groups excluding carboxylic acids is 2. The minimum absolute atomic E-state index is 0.0188. The molecule has 2 amide bonds. The summed E-state index contributed by atoms with van der Waals surface area (Å²) >= 11 is 6.05. The summed E-state index contributed by atoms with van der Waals surface area (Å²) in [6.45, 7) is 5.90. The van der Waals surface area contributed by atoms with Crippen molar-refractivity contribution >= 4 is 39.1 Å². The lowest BCUT2D eigenvalue weighted by molar-refractivity contribution is -0.140. The first-order chi connectivity index (χ1) is 17.0. The summed E-state index contributed by atoms with van der Waals surface area (Å²) in [7, 11) is -2.02. The number of benzene rings is 2. The van der Waals surface area contributed by atoms with E-state index in [0.29, 0.717) is 16.5 Å². The van der Waals surface area contributed by atoms with Gasteiger partial charge in [0.25, 0.3) is 0 Å². The molecule has 0 radical (unpaired) electrons. The quantitative estimate of drug-likeness (QED) is 0.412. The van der Waals surface area contributed by atoms with Crippen LogP contribution in [0.4, 0.5) is 5.69 Å². The van der Waals surface area contributed by atoms with Gasteiger partial charge in [-0.15, -0.1) is 0 Å². The van der Waals surface area contributed by atoms with Crippen LogP contribution in [0.15, 0.2) is 48.5 Å². The third-order valence-corrected chi connectivity index (χ3v) is 7.33. The Balaban J connectivity index is 2.19. The van der Waals surface area contributed by atoms with Crippen molar-refractivity contribution in [3.8, 4) is 5.75 Å². The maximum Gasteiger partial charge on any atom is 0.242 e. The van der Waals surface area contributed by atoms with Crippen molar-refractivity contribution in [3.63, 3.8) is 0 Å².